The zero-order valence-electron chi connectivity index (χ0n) is 15.2. The van der Waals surface area contributed by atoms with E-state index in [2.05, 4.69) is 26.3 Å². The third kappa shape index (κ3) is 2.49. The Hall–Kier alpha value is -2.94. The van der Waals surface area contributed by atoms with Crippen LogP contribution in [0.25, 0.3) is 0 Å². The van der Waals surface area contributed by atoms with Crippen LogP contribution >= 0.6 is 0 Å². The van der Waals surface area contributed by atoms with Gasteiger partial charge in [-0.3, -0.25) is 0 Å². The van der Waals surface area contributed by atoms with Gasteiger partial charge in [0.05, 0.1) is 11.5 Å². The van der Waals surface area contributed by atoms with Crippen LogP contribution < -0.4 is 10.2 Å². The topological polar surface area (TPSA) is 88.7 Å². The van der Waals surface area contributed by atoms with E-state index in [1.807, 2.05) is 24.3 Å². The monoisotopic (exact) mass is 358 g/mol. The molecule has 0 amide bonds. The second-order valence-electron chi connectivity index (χ2n) is 8.00. The summed E-state index contributed by atoms with van der Waals surface area (Å²) in [6.45, 7) is 2.06. The van der Waals surface area contributed by atoms with Crippen molar-refractivity contribution in [3.8, 4) is 6.07 Å². The minimum Gasteiger partial charge on any atom is -0.356 e. The van der Waals surface area contributed by atoms with Crippen molar-refractivity contribution in [2.24, 2.45) is 5.41 Å². The predicted molar refractivity (Wildman–Crippen MR) is 105 cm³/mol. The smallest absolute Gasteiger partial charge is 0.135 e. The highest BCUT2D eigenvalue weighted by Crippen LogP contribution is 2.78. The molecule has 0 radical (unpaired) electrons. The lowest BCUT2D eigenvalue weighted by molar-refractivity contribution is 0.738. The van der Waals surface area contributed by atoms with Gasteiger partial charge in [-0.2, -0.15) is 5.26 Å². The third-order valence-electron chi connectivity index (χ3n) is 6.48. The zero-order valence-corrected chi connectivity index (χ0v) is 15.2. The maximum atomic E-state index is 9.81. The molecular formula is C21H22N6. The average molecular weight is 358 g/mol. The number of nitriles is 1. The van der Waals surface area contributed by atoms with E-state index in [1.54, 1.807) is 6.33 Å². The van der Waals surface area contributed by atoms with Gasteiger partial charge in [0.2, 0.25) is 0 Å². The summed E-state index contributed by atoms with van der Waals surface area (Å²) in [5.41, 5.74) is 2.56. The van der Waals surface area contributed by atoms with Gasteiger partial charge in [0, 0.05) is 36.6 Å². The van der Waals surface area contributed by atoms with Gasteiger partial charge in [0.25, 0.3) is 0 Å². The Bertz CT molecular complexity index is 951. The van der Waals surface area contributed by atoms with Crippen LogP contribution in [0.2, 0.25) is 0 Å². The van der Waals surface area contributed by atoms with Crippen molar-refractivity contribution in [1.29, 1.82) is 10.7 Å². The minimum absolute atomic E-state index is 0.225. The molecule has 1 aromatic carbocycles. The summed E-state index contributed by atoms with van der Waals surface area (Å²) < 4.78 is 0. The predicted octanol–water partition coefficient (Wildman–Crippen LogP) is 3.76. The molecular weight excluding hydrogens is 336 g/mol. The molecule has 2 saturated carbocycles. The van der Waals surface area contributed by atoms with Crippen molar-refractivity contribution < 1.29 is 0 Å². The van der Waals surface area contributed by atoms with Gasteiger partial charge in [-0.15, -0.1) is 0 Å². The first kappa shape index (κ1) is 16.2. The first-order chi connectivity index (χ1) is 13.2. The molecule has 0 bridgehead atoms. The number of hydrogen-bond donors (Lipinski definition) is 2. The van der Waals surface area contributed by atoms with E-state index in [9.17, 15) is 5.26 Å². The van der Waals surface area contributed by atoms with Crippen molar-refractivity contribution in [3.63, 3.8) is 0 Å². The molecule has 5 rings (SSSR count). The van der Waals surface area contributed by atoms with E-state index in [0.29, 0.717) is 0 Å². The number of anilines is 3. The second-order valence-corrected chi connectivity index (χ2v) is 8.00. The van der Waals surface area contributed by atoms with Gasteiger partial charge in [-0.25, -0.2) is 9.97 Å². The van der Waals surface area contributed by atoms with E-state index in [4.69, 9.17) is 5.41 Å². The standard InChI is InChI=1S/C21H22N6/c22-11-15-3-4-16(21(13-23)12-20(21)5-6-20)9-17(15)26-18-10-19(25-14-24-18)27-7-1-2-8-27/h3-4,9-11,14,22H,1-2,5-8,12H2,(H,24,25,26). The van der Waals surface area contributed by atoms with Crippen LogP contribution in [-0.2, 0) is 5.41 Å². The van der Waals surface area contributed by atoms with Crippen molar-refractivity contribution in [2.45, 2.75) is 37.5 Å². The summed E-state index contributed by atoms with van der Waals surface area (Å²) in [5.74, 6) is 1.65. The lowest BCUT2D eigenvalue weighted by Gasteiger charge is -2.18. The Kier molecular flexibility index (Phi) is 3.48. The van der Waals surface area contributed by atoms with Gasteiger partial charge in [-0.05, 0) is 49.1 Å². The lowest BCUT2D eigenvalue weighted by atomic mass is 9.92. The Morgan fingerprint density at radius 1 is 1.19 bits per heavy atom. The molecule has 1 aromatic heterocycles. The Labute approximate surface area is 158 Å². The molecule has 136 valence electrons. The molecule has 2 aromatic rings. The van der Waals surface area contributed by atoms with E-state index in [0.717, 1.165) is 60.8 Å². The number of nitrogens with zero attached hydrogens (tertiary/aromatic N) is 4. The molecule has 2 aliphatic carbocycles. The van der Waals surface area contributed by atoms with Crippen LogP contribution in [-0.4, -0.2) is 29.3 Å². The van der Waals surface area contributed by atoms with Crippen LogP contribution in [0.3, 0.4) is 0 Å². The molecule has 3 aliphatic rings. The SMILES string of the molecule is N#CC1(c2ccc(C=N)c(Nc3cc(N4CCCC4)ncn3)c2)CC12CC2. The summed E-state index contributed by atoms with van der Waals surface area (Å²) in [6, 6.07) is 10.5. The number of hydrogen-bond acceptors (Lipinski definition) is 6. The van der Waals surface area contributed by atoms with E-state index < -0.39 is 0 Å². The summed E-state index contributed by atoms with van der Waals surface area (Å²) in [4.78, 5) is 11.0. The molecule has 2 N–H and O–H groups in total. The Morgan fingerprint density at radius 2 is 2.00 bits per heavy atom. The summed E-state index contributed by atoms with van der Waals surface area (Å²) in [6.07, 6.45) is 8.60. The largest absolute Gasteiger partial charge is 0.356 e. The maximum absolute atomic E-state index is 9.81. The van der Waals surface area contributed by atoms with E-state index in [1.165, 1.54) is 19.1 Å². The van der Waals surface area contributed by atoms with Crippen molar-refractivity contribution in [1.82, 2.24) is 9.97 Å². The maximum Gasteiger partial charge on any atom is 0.135 e. The Balaban J connectivity index is 1.46. The molecule has 2 heterocycles. The van der Waals surface area contributed by atoms with Crippen LogP contribution in [0, 0.1) is 22.2 Å². The molecule has 3 fully saturated rings. The molecule has 6 heteroatoms. The number of aromatic nitrogens is 2. The normalized spacial score (nSPS) is 24.5. The molecule has 1 spiro atoms. The first-order valence-electron chi connectivity index (χ1n) is 9.60. The average Bonchev–Trinajstić information content (AvgIpc) is 3.54. The van der Waals surface area contributed by atoms with Crippen molar-refractivity contribution >= 4 is 23.5 Å². The first-order valence-corrected chi connectivity index (χ1v) is 9.60. The number of rotatable bonds is 5. The fraction of sp³-hybridized carbons (Fsp3) is 0.429. The van der Waals surface area contributed by atoms with Crippen molar-refractivity contribution in [3.05, 3.63) is 41.7 Å². The van der Waals surface area contributed by atoms with Crippen LogP contribution in [0.1, 0.15) is 43.2 Å². The van der Waals surface area contributed by atoms with Gasteiger partial charge < -0.3 is 15.6 Å². The van der Waals surface area contributed by atoms with Gasteiger partial charge in [0.1, 0.15) is 18.0 Å². The lowest BCUT2D eigenvalue weighted by Crippen LogP contribution is -2.19. The summed E-state index contributed by atoms with van der Waals surface area (Å²) in [5, 5.41) is 20.9. The summed E-state index contributed by atoms with van der Waals surface area (Å²) in [7, 11) is 0. The van der Waals surface area contributed by atoms with Crippen molar-refractivity contribution in [2.75, 3.05) is 23.3 Å². The number of nitrogens with one attached hydrogen (secondary N) is 2. The fourth-order valence-corrected chi connectivity index (χ4v) is 4.58. The molecule has 1 aliphatic heterocycles. The fourth-order valence-electron chi connectivity index (χ4n) is 4.58. The molecule has 6 nitrogen and oxygen atoms in total. The Morgan fingerprint density at radius 3 is 2.67 bits per heavy atom. The highest BCUT2D eigenvalue weighted by Gasteiger charge is 2.75. The van der Waals surface area contributed by atoms with Gasteiger partial charge in [0.15, 0.2) is 0 Å². The zero-order chi connectivity index (χ0) is 18.5. The molecule has 1 saturated heterocycles. The third-order valence-corrected chi connectivity index (χ3v) is 6.48. The van der Waals surface area contributed by atoms with Gasteiger partial charge >= 0.3 is 0 Å². The van der Waals surface area contributed by atoms with E-state index in [-0.39, 0.29) is 10.8 Å². The molecule has 27 heavy (non-hydrogen) atoms. The van der Waals surface area contributed by atoms with E-state index >= 15 is 0 Å². The molecule has 1 unspecified atom stereocenters. The second kappa shape index (κ2) is 5.78. The summed E-state index contributed by atoms with van der Waals surface area (Å²) >= 11 is 0. The van der Waals surface area contributed by atoms with Crippen LogP contribution in [0.15, 0.2) is 30.6 Å². The number of benzene rings is 1. The quantitative estimate of drug-likeness (QED) is 0.795. The molecule has 1 atom stereocenters. The van der Waals surface area contributed by atoms with Crippen LogP contribution in [0.4, 0.5) is 17.3 Å². The minimum atomic E-state index is -0.337. The highest BCUT2D eigenvalue weighted by molar-refractivity contribution is 5.87. The van der Waals surface area contributed by atoms with Crippen LogP contribution in [0.5, 0.6) is 0 Å². The highest BCUT2D eigenvalue weighted by atomic mass is 15.2. The van der Waals surface area contributed by atoms with Gasteiger partial charge in [-0.1, -0.05) is 12.1 Å².